The van der Waals surface area contributed by atoms with Gasteiger partial charge in [0.2, 0.25) is 0 Å². The molecule has 0 unspecified atom stereocenters. The van der Waals surface area contributed by atoms with Crippen LogP contribution in [-0.4, -0.2) is 12.4 Å². The van der Waals surface area contributed by atoms with Crippen molar-refractivity contribution in [1.82, 2.24) is 3.97 Å². The maximum atomic E-state index is 13.0. The van der Waals surface area contributed by atoms with Crippen LogP contribution >= 0.6 is 0 Å². The second-order valence-electron chi connectivity index (χ2n) is 6.38. The summed E-state index contributed by atoms with van der Waals surface area (Å²) in [4.78, 5) is 0.319. The molecule has 1 heterocycles. The van der Waals surface area contributed by atoms with Crippen molar-refractivity contribution in [3.8, 4) is 0 Å². The minimum atomic E-state index is -3.58. The first kappa shape index (κ1) is 15.8. The maximum absolute atomic E-state index is 13.0. The minimum absolute atomic E-state index is 0.319. The molecule has 0 saturated heterocycles. The Morgan fingerprint density at radius 1 is 1.00 bits per heavy atom. The number of fused-ring (bicyclic) bond motifs is 1. The first-order chi connectivity index (χ1) is 10.9. The first-order valence-corrected chi connectivity index (χ1v) is 9.25. The zero-order valence-electron chi connectivity index (χ0n) is 13.7. The largest absolute Gasteiger partial charge is 0.268 e. The number of rotatable bonds is 4. The van der Waals surface area contributed by atoms with Crippen LogP contribution in [0.2, 0.25) is 0 Å². The van der Waals surface area contributed by atoms with Crippen LogP contribution in [0.4, 0.5) is 0 Å². The molecular weight excluding hydrogens is 306 g/mol. The van der Waals surface area contributed by atoms with Gasteiger partial charge in [-0.05, 0) is 43.0 Å². The highest BCUT2D eigenvalue weighted by Gasteiger charge is 2.21. The molecule has 0 aliphatic heterocycles. The van der Waals surface area contributed by atoms with E-state index < -0.39 is 10.0 Å². The lowest BCUT2D eigenvalue weighted by atomic mass is 10.0. The monoisotopic (exact) mass is 327 g/mol. The smallest absolute Gasteiger partial charge is 0.241 e. The lowest BCUT2D eigenvalue weighted by Crippen LogP contribution is -2.11. The van der Waals surface area contributed by atoms with E-state index in [9.17, 15) is 8.42 Å². The Hall–Kier alpha value is -2.07. The summed E-state index contributed by atoms with van der Waals surface area (Å²) in [6.45, 7) is 6.23. The van der Waals surface area contributed by atoms with Crippen molar-refractivity contribution in [1.29, 1.82) is 0 Å². The predicted octanol–water partition coefficient (Wildman–Crippen LogP) is 4.39. The summed E-state index contributed by atoms with van der Waals surface area (Å²) in [5, 5.41) is 1.01. The van der Waals surface area contributed by atoms with Crippen LogP contribution in [0.15, 0.2) is 59.6 Å². The van der Waals surface area contributed by atoms with Crippen molar-refractivity contribution in [2.45, 2.75) is 32.1 Å². The van der Waals surface area contributed by atoms with E-state index in [-0.39, 0.29) is 0 Å². The van der Waals surface area contributed by atoms with Crippen molar-refractivity contribution >= 4 is 20.9 Å². The van der Waals surface area contributed by atoms with Gasteiger partial charge in [0.25, 0.3) is 10.0 Å². The third-order valence-electron chi connectivity index (χ3n) is 3.97. The Morgan fingerprint density at radius 3 is 2.30 bits per heavy atom. The van der Waals surface area contributed by atoms with E-state index in [1.54, 1.807) is 18.3 Å². The highest BCUT2D eigenvalue weighted by atomic mass is 32.2. The van der Waals surface area contributed by atoms with E-state index in [1.807, 2.05) is 43.3 Å². The second-order valence-corrected chi connectivity index (χ2v) is 8.20. The molecule has 0 radical (unpaired) electrons. The minimum Gasteiger partial charge on any atom is -0.241 e. The van der Waals surface area contributed by atoms with E-state index in [0.717, 1.165) is 28.5 Å². The molecule has 3 aromatic rings. The SMILES string of the molecule is Cc1ccc(S(=O)(=O)n2cc(CC(C)C)c3ccccc32)cc1. The van der Waals surface area contributed by atoms with Gasteiger partial charge in [0, 0.05) is 11.6 Å². The third kappa shape index (κ3) is 2.91. The van der Waals surface area contributed by atoms with Crippen molar-refractivity contribution in [3.63, 3.8) is 0 Å². The van der Waals surface area contributed by atoms with Crippen molar-refractivity contribution < 1.29 is 8.42 Å². The standard InChI is InChI=1S/C19H21NO2S/c1-14(2)12-16-13-20(19-7-5-4-6-18(16)19)23(21,22)17-10-8-15(3)9-11-17/h4-11,13-14H,12H2,1-3H3. The molecule has 0 atom stereocenters. The van der Waals surface area contributed by atoms with Crippen molar-refractivity contribution in [2.75, 3.05) is 0 Å². The topological polar surface area (TPSA) is 39.1 Å². The zero-order chi connectivity index (χ0) is 16.6. The zero-order valence-corrected chi connectivity index (χ0v) is 14.5. The summed E-state index contributed by atoms with van der Waals surface area (Å²) >= 11 is 0. The van der Waals surface area contributed by atoms with Gasteiger partial charge < -0.3 is 0 Å². The molecule has 3 rings (SSSR count). The first-order valence-electron chi connectivity index (χ1n) is 7.81. The second kappa shape index (κ2) is 5.85. The fourth-order valence-electron chi connectivity index (χ4n) is 2.84. The highest BCUT2D eigenvalue weighted by molar-refractivity contribution is 7.90. The Morgan fingerprint density at radius 2 is 1.65 bits per heavy atom. The van der Waals surface area contributed by atoms with Gasteiger partial charge in [-0.25, -0.2) is 12.4 Å². The van der Waals surface area contributed by atoms with Crippen LogP contribution < -0.4 is 0 Å². The summed E-state index contributed by atoms with van der Waals surface area (Å²) in [6, 6.07) is 14.7. The fraction of sp³-hybridized carbons (Fsp3) is 0.263. The molecule has 2 aromatic carbocycles. The molecule has 0 aliphatic rings. The molecule has 0 bridgehead atoms. The van der Waals surface area contributed by atoms with Crippen LogP contribution in [0, 0.1) is 12.8 Å². The average Bonchev–Trinajstić information content (AvgIpc) is 2.87. The summed E-state index contributed by atoms with van der Waals surface area (Å²) in [6.07, 6.45) is 2.64. The molecule has 120 valence electrons. The Labute approximate surface area is 137 Å². The van der Waals surface area contributed by atoms with Gasteiger partial charge >= 0.3 is 0 Å². The fourth-order valence-corrected chi connectivity index (χ4v) is 4.23. The molecule has 23 heavy (non-hydrogen) atoms. The quantitative estimate of drug-likeness (QED) is 0.713. The van der Waals surface area contributed by atoms with E-state index in [1.165, 1.54) is 3.97 Å². The van der Waals surface area contributed by atoms with E-state index in [4.69, 9.17) is 0 Å². The number of hydrogen-bond acceptors (Lipinski definition) is 2. The molecule has 0 aliphatic carbocycles. The molecule has 0 amide bonds. The Kier molecular flexibility index (Phi) is 4.02. The number of benzene rings is 2. The van der Waals surface area contributed by atoms with Gasteiger partial charge in [-0.2, -0.15) is 0 Å². The van der Waals surface area contributed by atoms with Crippen molar-refractivity contribution in [2.24, 2.45) is 5.92 Å². The molecule has 0 N–H and O–H groups in total. The highest BCUT2D eigenvalue weighted by Crippen LogP contribution is 2.27. The van der Waals surface area contributed by atoms with Crippen LogP contribution in [-0.2, 0) is 16.4 Å². The van der Waals surface area contributed by atoms with E-state index in [2.05, 4.69) is 13.8 Å². The Bertz CT molecular complexity index is 935. The van der Waals surface area contributed by atoms with E-state index >= 15 is 0 Å². The van der Waals surface area contributed by atoms with Crippen LogP contribution in [0.3, 0.4) is 0 Å². The molecular formula is C19H21NO2S. The number of hydrogen-bond donors (Lipinski definition) is 0. The summed E-state index contributed by atoms with van der Waals surface area (Å²) in [7, 11) is -3.58. The van der Waals surface area contributed by atoms with Gasteiger partial charge in [-0.3, -0.25) is 0 Å². The normalized spacial score (nSPS) is 12.2. The van der Waals surface area contributed by atoms with Gasteiger partial charge in [0.1, 0.15) is 0 Å². The van der Waals surface area contributed by atoms with Gasteiger partial charge in [-0.1, -0.05) is 49.7 Å². The van der Waals surface area contributed by atoms with Crippen LogP contribution in [0.1, 0.15) is 25.0 Å². The number of aryl methyl sites for hydroxylation is 1. The molecule has 0 saturated carbocycles. The lowest BCUT2D eigenvalue weighted by molar-refractivity contribution is 0.588. The lowest BCUT2D eigenvalue weighted by Gasteiger charge is -2.07. The molecule has 0 spiro atoms. The number of nitrogens with zero attached hydrogens (tertiary/aromatic N) is 1. The summed E-state index contributed by atoms with van der Waals surface area (Å²) in [5.74, 6) is 0.469. The van der Waals surface area contributed by atoms with Gasteiger partial charge in [0.15, 0.2) is 0 Å². The van der Waals surface area contributed by atoms with Crippen LogP contribution in [0.25, 0.3) is 10.9 Å². The third-order valence-corrected chi connectivity index (χ3v) is 5.65. The van der Waals surface area contributed by atoms with Crippen molar-refractivity contribution in [3.05, 3.63) is 65.9 Å². The van der Waals surface area contributed by atoms with E-state index in [0.29, 0.717) is 10.8 Å². The number of para-hydroxylation sites is 1. The maximum Gasteiger partial charge on any atom is 0.268 e. The van der Waals surface area contributed by atoms with Crippen LogP contribution in [0.5, 0.6) is 0 Å². The predicted molar refractivity (Wildman–Crippen MR) is 94.2 cm³/mol. The average molecular weight is 327 g/mol. The molecule has 3 nitrogen and oxygen atoms in total. The van der Waals surface area contributed by atoms with Gasteiger partial charge in [-0.15, -0.1) is 0 Å². The summed E-state index contributed by atoms with van der Waals surface area (Å²) < 4.78 is 27.5. The molecule has 4 heteroatoms. The molecule has 0 fully saturated rings. The van der Waals surface area contributed by atoms with Gasteiger partial charge in [0.05, 0.1) is 10.4 Å². The summed E-state index contributed by atoms with van der Waals surface area (Å²) in [5.41, 5.74) is 2.86. The molecule has 1 aromatic heterocycles. The number of aromatic nitrogens is 1. The Balaban J connectivity index is 2.21.